The molecule has 1 unspecified atom stereocenters. The molecule has 0 aliphatic rings. The maximum atomic E-state index is 8.48. The molecule has 10 heavy (non-hydrogen) atoms. The summed E-state index contributed by atoms with van der Waals surface area (Å²) >= 11 is 4.78. The van der Waals surface area contributed by atoms with Crippen LogP contribution in [0.3, 0.4) is 0 Å². The lowest BCUT2D eigenvalue weighted by atomic mass is 10.1. The van der Waals surface area contributed by atoms with E-state index in [-0.39, 0.29) is 5.92 Å². The Morgan fingerprint density at radius 3 is 2.90 bits per heavy atom. The standard InChI is InChI=1S/C6H7N3S/c1-4(2-7)5-3-8-6(10)9-5/h3-4H,1H3,(H2,8,9,10). The number of aromatic amines is 2. The summed E-state index contributed by atoms with van der Waals surface area (Å²) < 4.78 is 0.567. The Balaban J connectivity index is 2.98. The monoisotopic (exact) mass is 153 g/mol. The van der Waals surface area contributed by atoms with Crippen LogP contribution in [-0.2, 0) is 0 Å². The van der Waals surface area contributed by atoms with Gasteiger partial charge in [-0.25, -0.2) is 0 Å². The van der Waals surface area contributed by atoms with Crippen LogP contribution in [0, 0.1) is 16.1 Å². The fourth-order valence-corrected chi connectivity index (χ4v) is 0.826. The summed E-state index contributed by atoms with van der Waals surface area (Å²) in [6.45, 7) is 1.81. The predicted molar refractivity (Wildman–Crippen MR) is 40.0 cm³/mol. The molecule has 0 saturated heterocycles. The number of rotatable bonds is 1. The van der Waals surface area contributed by atoms with E-state index in [9.17, 15) is 0 Å². The smallest absolute Gasteiger partial charge is 0.174 e. The molecule has 0 amide bonds. The van der Waals surface area contributed by atoms with Gasteiger partial charge in [0.1, 0.15) is 0 Å². The second-order valence-electron chi connectivity index (χ2n) is 2.05. The van der Waals surface area contributed by atoms with Gasteiger partial charge in [-0.1, -0.05) is 0 Å². The average Bonchev–Trinajstić information content (AvgIpc) is 2.34. The molecule has 0 bridgehead atoms. The van der Waals surface area contributed by atoms with Gasteiger partial charge in [0.15, 0.2) is 4.77 Å². The van der Waals surface area contributed by atoms with Crippen molar-refractivity contribution in [3.63, 3.8) is 0 Å². The minimum atomic E-state index is -0.118. The number of H-pyrrole nitrogens is 2. The molecule has 1 atom stereocenters. The number of nitrogens with one attached hydrogen (secondary N) is 2. The number of hydrogen-bond acceptors (Lipinski definition) is 2. The zero-order valence-corrected chi connectivity index (χ0v) is 6.33. The first-order valence-electron chi connectivity index (χ1n) is 2.91. The van der Waals surface area contributed by atoms with Crippen molar-refractivity contribution >= 4 is 12.2 Å². The second kappa shape index (κ2) is 2.67. The van der Waals surface area contributed by atoms with Crippen LogP contribution in [0.1, 0.15) is 18.5 Å². The third-order valence-corrected chi connectivity index (χ3v) is 1.50. The first-order valence-corrected chi connectivity index (χ1v) is 3.32. The van der Waals surface area contributed by atoms with Crippen molar-refractivity contribution in [1.29, 1.82) is 5.26 Å². The van der Waals surface area contributed by atoms with Gasteiger partial charge in [0.2, 0.25) is 0 Å². The average molecular weight is 153 g/mol. The maximum absolute atomic E-state index is 8.48. The predicted octanol–water partition coefficient (Wildman–Crippen LogP) is 1.70. The molecule has 0 saturated carbocycles. The Labute approximate surface area is 63.7 Å². The zero-order valence-electron chi connectivity index (χ0n) is 5.51. The summed E-state index contributed by atoms with van der Waals surface area (Å²) in [5, 5.41) is 8.48. The number of nitrogens with zero attached hydrogens (tertiary/aromatic N) is 1. The van der Waals surface area contributed by atoms with Gasteiger partial charge in [-0.05, 0) is 19.1 Å². The van der Waals surface area contributed by atoms with E-state index in [2.05, 4.69) is 16.0 Å². The minimum absolute atomic E-state index is 0.118. The third kappa shape index (κ3) is 1.25. The van der Waals surface area contributed by atoms with E-state index < -0.39 is 0 Å². The largest absolute Gasteiger partial charge is 0.337 e. The Bertz CT molecular complexity index is 303. The molecule has 1 heterocycles. The lowest BCUT2D eigenvalue weighted by Gasteiger charge is -1.93. The normalized spacial score (nSPS) is 12.4. The van der Waals surface area contributed by atoms with Crippen LogP contribution in [0.2, 0.25) is 0 Å². The molecule has 0 aliphatic carbocycles. The van der Waals surface area contributed by atoms with Gasteiger partial charge < -0.3 is 9.97 Å². The molecule has 1 rings (SSSR count). The van der Waals surface area contributed by atoms with Crippen molar-refractivity contribution in [2.45, 2.75) is 12.8 Å². The van der Waals surface area contributed by atoms with E-state index in [1.807, 2.05) is 6.92 Å². The molecule has 3 nitrogen and oxygen atoms in total. The van der Waals surface area contributed by atoms with Crippen LogP contribution in [0.25, 0.3) is 0 Å². The molecule has 4 heteroatoms. The minimum Gasteiger partial charge on any atom is -0.337 e. The van der Waals surface area contributed by atoms with Gasteiger partial charge in [-0.3, -0.25) is 0 Å². The van der Waals surface area contributed by atoms with Gasteiger partial charge in [0.25, 0.3) is 0 Å². The van der Waals surface area contributed by atoms with Crippen molar-refractivity contribution in [3.8, 4) is 6.07 Å². The molecule has 52 valence electrons. The van der Waals surface area contributed by atoms with Crippen LogP contribution >= 0.6 is 12.2 Å². The first kappa shape index (κ1) is 7.03. The zero-order chi connectivity index (χ0) is 7.56. The molecule has 0 aliphatic heterocycles. The SMILES string of the molecule is CC(C#N)c1c[nH]c(=S)[nH]1. The molecule has 2 N–H and O–H groups in total. The van der Waals surface area contributed by atoms with Gasteiger partial charge >= 0.3 is 0 Å². The molecule has 0 fully saturated rings. The lowest BCUT2D eigenvalue weighted by Crippen LogP contribution is -1.87. The Hall–Kier alpha value is -1.08. The number of imidazole rings is 1. The van der Waals surface area contributed by atoms with Crippen LogP contribution in [0.4, 0.5) is 0 Å². The Morgan fingerprint density at radius 1 is 1.80 bits per heavy atom. The number of aromatic nitrogens is 2. The summed E-state index contributed by atoms with van der Waals surface area (Å²) in [6, 6.07) is 2.10. The second-order valence-corrected chi connectivity index (χ2v) is 2.46. The van der Waals surface area contributed by atoms with Crippen molar-refractivity contribution in [2.75, 3.05) is 0 Å². The third-order valence-electron chi connectivity index (χ3n) is 1.28. The topological polar surface area (TPSA) is 55.4 Å². The molecule has 0 radical (unpaired) electrons. The molecule has 1 aromatic rings. The van der Waals surface area contributed by atoms with Crippen LogP contribution in [0.15, 0.2) is 6.20 Å². The highest BCUT2D eigenvalue weighted by Gasteiger charge is 2.02. The van der Waals surface area contributed by atoms with E-state index in [1.54, 1.807) is 6.20 Å². The fraction of sp³-hybridized carbons (Fsp3) is 0.333. The van der Waals surface area contributed by atoms with E-state index in [1.165, 1.54) is 0 Å². The Morgan fingerprint density at radius 2 is 2.50 bits per heavy atom. The molecular weight excluding hydrogens is 146 g/mol. The quantitative estimate of drug-likeness (QED) is 0.603. The van der Waals surface area contributed by atoms with Crippen molar-refractivity contribution in [1.82, 2.24) is 9.97 Å². The summed E-state index contributed by atoms with van der Waals surface area (Å²) in [6.07, 6.45) is 1.72. The van der Waals surface area contributed by atoms with Crippen molar-refractivity contribution in [2.24, 2.45) is 0 Å². The van der Waals surface area contributed by atoms with E-state index >= 15 is 0 Å². The van der Waals surface area contributed by atoms with E-state index in [4.69, 9.17) is 17.5 Å². The number of hydrogen-bond donors (Lipinski definition) is 2. The summed E-state index contributed by atoms with van der Waals surface area (Å²) in [5.74, 6) is -0.118. The van der Waals surface area contributed by atoms with E-state index in [0.717, 1.165) is 5.69 Å². The van der Waals surface area contributed by atoms with Crippen LogP contribution < -0.4 is 0 Å². The Kier molecular flexibility index (Phi) is 1.88. The number of nitriles is 1. The summed E-state index contributed by atoms with van der Waals surface area (Å²) in [7, 11) is 0. The fourth-order valence-electron chi connectivity index (χ4n) is 0.649. The highest BCUT2D eigenvalue weighted by atomic mass is 32.1. The highest BCUT2D eigenvalue weighted by molar-refractivity contribution is 7.71. The summed E-state index contributed by atoms with van der Waals surface area (Å²) in [5.41, 5.74) is 0.840. The molecule has 1 aromatic heterocycles. The highest BCUT2D eigenvalue weighted by Crippen LogP contribution is 2.08. The maximum Gasteiger partial charge on any atom is 0.174 e. The van der Waals surface area contributed by atoms with Crippen molar-refractivity contribution < 1.29 is 0 Å². The summed E-state index contributed by atoms with van der Waals surface area (Å²) in [4.78, 5) is 5.66. The van der Waals surface area contributed by atoms with E-state index in [0.29, 0.717) is 4.77 Å². The van der Waals surface area contributed by atoms with Gasteiger partial charge in [-0.2, -0.15) is 5.26 Å². The molecule has 0 spiro atoms. The van der Waals surface area contributed by atoms with Crippen LogP contribution in [0.5, 0.6) is 0 Å². The first-order chi connectivity index (χ1) is 4.74. The van der Waals surface area contributed by atoms with Crippen molar-refractivity contribution in [3.05, 3.63) is 16.7 Å². The molecule has 0 aromatic carbocycles. The van der Waals surface area contributed by atoms with Gasteiger partial charge in [0, 0.05) is 6.20 Å². The van der Waals surface area contributed by atoms with Crippen LogP contribution in [-0.4, -0.2) is 9.97 Å². The lowest BCUT2D eigenvalue weighted by molar-refractivity contribution is 0.933. The molecular formula is C6H7N3S. The van der Waals surface area contributed by atoms with Gasteiger partial charge in [-0.15, -0.1) is 0 Å². The van der Waals surface area contributed by atoms with Gasteiger partial charge in [0.05, 0.1) is 17.7 Å².